The number of aliphatic hydroxyl groups is 1. The van der Waals surface area contributed by atoms with E-state index in [2.05, 4.69) is 11.8 Å². The van der Waals surface area contributed by atoms with Gasteiger partial charge in [0, 0.05) is 30.4 Å². The van der Waals surface area contributed by atoms with Gasteiger partial charge in [-0.15, -0.1) is 0 Å². The van der Waals surface area contributed by atoms with Crippen LogP contribution < -0.4 is 5.73 Å². The molecule has 0 fully saturated rings. The summed E-state index contributed by atoms with van der Waals surface area (Å²) in [5.41, 5.74) is 7.50. The second-order valence-corrected chi connectivity index (χ2v) is 4.20. The van der Waals surface area contributed by atoms with Crippen molar-refractivity contribution in [2.75, 3.05) is 25.4 Å². The Morgan fingerprint density at radius 3 is 2.81 bits per heavy atom. The standard InChI is InChI=1S/C12H19ClN2O/c1-2-15(6-3-7-16)9-10-8-11(14)4-5-12(10)13/h4-5,8,16H,2-3,6-7,9,14H2,1H3. The fourth-order valence-electron chi connectivity index (χ4n) is 1.60. The number of rotatable bonds is 6. The van der Waals surface area contributed by atoms with E-state index >= 15 is 0 Å². The lowest BCUT2D eigenvalue weighted by atomic mass is 10.2. The molecule has 90 valence electrons. The molecule has 1 aromatic carbocycles. The Morgan fingerprint density at radius 1 is 1.44 bits per heavy atom. The number of hydrogen-bond donors (Lipinski definition) is 2. The van der Waals surface area contributed by atoms with Crippen molar-refractivity contribution in [3.8, 4) is 0 Å². The van der Waals surface area contributed by atoms with Gasteiger partial charge < -0.3 is 10.8 Å². The molecule has 0 bridgehead atoms. The molecule has 0 saturated heterocycles. The van der Waals surface area contributed by atoms with Gasteiger partial charge in [-0.1, -0.05) is 18.5 Å². The number of halogens is 1. The van der Waals surface area contributed by atoms with Crippen molar-refractivity contribution >= 4 is 17.3 Å². The minimum Gasteiger partial charge on any atom is -0.399 e. The fraction of sp³-hybridized carbons (Fsp3) is 0.500. The van der Waals surface area contributed by atoms with Crippen LogP contribution in [0, 0.1) is 0 Å². The largest absolute Gasteiger partial charge is 0.399 e. The SMILES string of the molecule is CCN(CCCO)Cc1cc(N)ccc1Cl. The summed E-state index contributed by atoms with van der Waals surface area (Å²) in [5, 5.41) is 9.55. The highest BCUT2D eigenvalue weighted by atomic mass is 35.5. The molecule has 0 unspecified atom stereocenters. The van der Waals surface area contributed by atoms with Gasteiger partial charge in [0.15, 0.2) is 0 Å². The maximum Gasteiger partial charge on any atom is 0.0452 e. The molecule has 0 radical (unpaired) electrons. The third kappa shape index (κ3) is 4.00. The number of nitrogens with zero attached hydrogens (tertiary/aromatic N) is 1. The van der Waals surface area contributed by atoms with Crippen LogP contribution >= 0.6 is 11.6 Å². The molecule has 4 heteroatoms. The maximum absolute atomic E-state index is 8.80. The molecule has 0 heterocycles. The summed E-state index contributed by atoms with van der Waals surface area (Å²) in [6.07, 6.45) is 0.785. The van der Waals surface area contributed by atoms with Gasteiger partial charge >= 0.3 is 0 Å². The lowest BCUT2D eigenvalue weighted by Gasteiger charge is -2.20. The van der Waals surface area contributed by atoms with Gasteiger partial charge in [0.25, 0.3) is 0 Å². The molecule has 0 aliphatic rings. The molecule has 0 aliphatic heterocycles. The smallest absolute Gasteiger partial charge is 0.0452 e. The van der Waals surface area contributed by atoms with Crippen molar-refractivity contribution in [2.45, 2.75) is 19.9 Å². The molecule has 1 rings (SSSR count). The monoisotopic (exact) mass is 242 g/mol. The van der Waals surface area contributed by atoms with Crippen LogP contribution in [0.4, 0.5) is 5.69 Å². The average Bonchev–Trinajstić information content (AvgIpc) is 2.28. The molecule has 0 atom stereocenters. The molecular formula is C12H19ClN2O. The van der Waals surface area contributed by atoms with Gasteiger partial charge in [-0.05, 0) is 36.7 Å². The fourth-order valence-corrected chi connectivity index (χ4v) is 1.78. The van der Waals surface area contributed by atoms with Crippen LogP contribution in [0.5, 0.6) is 0 Å². The molecule has 0 saturated carbocycles. The molecule has 0 aliphatic carbocycles. The highest BCUT2D eigenvalue weighted by Gasteiger charge is 2.06. The van der Waals surface area contributed by atoms with Crippen LogP contribution in [-0.4, -0.2) is 29.7 Å². The number of nitrogens with two attached hydrogens (primary N) is 1. The van der Waals surface area contributed by atoms with E-state index in [1.54, 1.807) is 6.07 Å². The van der Waals surface area contributed by atoms with E-state index in [9.17, 15) is 0 Å². The van der Waals surface area contributed by atoms with Crippen molar-refractivity contribution in [1.29, 1.82) is 0 Å². The molecule has 3 nitrogen and oxygen atoms in total. The molecule has 0 amide bonds. The van der Waals surface area contributed by atoms with Gasteiger partial charge in [0.05, 0.1) is 0 Å². The summed E-state index contributed by atoms with van der Waals surface area (Å²) in [6, 6.07) is 5.53. The maximum atomic E-state index is 8.80. The van der Waals surface area contributed by atoms with Gasteiger partial charge in [-0.25, -0.2) is 0 Å². The predicted molar refractivity (Wildman–Crippen MR) is 68.5 cm³/mol. The van der Waals surface area contributed by atoms with Crippen LogP contribution in [0.3, 0.4) is 0 Å². The molecule has 0 spiro atoms. The average molecular weight is 243 g/mol. The molecule has 0 aromatic heterocycles. The lowest BCUT2D eigenvalue weighted by Crippen LogP contribution is -2.24. The van der Waals surface area contributed by atoms with Crippen molar-refractivity contribution in [2.24, 2.45) is 0 Å². The molecule has 1 aromatic rings. The van der Waals surface area contributed by atoms with E-state index in [4.69, 9.17) is 22.4 Å². The third-order valence-corrected chi connectivity index (χ3v) is 2.91. The number of benzene rings is 1. The van der Waals surface area contributed by atoms with Crippen LogP contribution in [-0.2, 0) is 6.54 Å². The molecular weight excluding hydrogens is 224 g/mol. The van der Waals surface area contributed by atoms with Crippen molar-refractivity contribution < 1.29 is 5.11 Å². The van der Waals surface area contributed by atoms with Crippen molar-refractivity contribution in [3.63, 3.8) is 0 Å². The van der Waals surface area contributed by atoms with Gasteiger partial charge in [-0.3, -0.25) is 4.90 Å². The lowest BCUT2D eigenvalue weighted by molar-refractivity contribution is 0.225. The third-order valence-electron chi connectivity index (χ3n) is 2.54. The van der Waals surface area contributed by atoms with E-state index in [0.29, 0.717) is 0 Å². The van der Waals surface area contributed by atoms with Crippen LogP contribution in [0.1, 0.15) is 18.9 Å². The van der Waals surface area contributed by atoms with E-state index in [1.807, 2.05) is 12.1 Å². The first-order valence-electron chi connectivity index (χ1n) is 5.54. The van der Waals surface area contributed by atoms with Crippen LogP contribution in [0.25, 0.3) is 0 Å². The number of aliphatic hydroxyl groups excluding tert-OH is 1. The minimum absolute atomic E-state index is 0.223. The van der Waals surface area contributed by atoms with E-state index < -0.39 is 0 Å². The van der Waals surface area contributed by atoms with Crippen molar-refractivity contribution in [3.05, 3.63) is 28.8 Å². The second kappa shape index (κ2) is 6.74. The summed E-state index contributed by atoms with van der Waals surface area (Å²) in [5.74, 6) is 0. The van der Waals surface area contributed by atoms with Crippen LogP contribution in [0.15, 0.2) is 18.2 Å². The molecule has 3 N–H and O–H groups in total. The van der Waals surface area contributed by atoms with Crippen molar-refractivity contribution in [1.82, 2.24) is 4.90 Å². The first kappa shape index (κ1) is 13.3. The van der Waals surface area contributed by atoms with E-state index in [1.165, 1.54) is 0 Å². The Hall–Kier alpha value is -0.770. The van der Waals surface area contributed by atoms with E-state index in [0.717, 1.165) is 42.3 Å². The zero-order valence-electron chi connectivity index (χ0n) is 9.62. The zero-order chi connectivity index (χ0) is 12.0. The number of hydrogen-bond acceptors (Lipinski definition) is 3. The van der Waals surface area contributed by atoms with E-state index in [-0.39, 0.29) is 6.61 Å². The zero-order valence-corrected chi connectivity index (χ0v) is 10.4. The summed E-state index contributed by atoms with van der Waals surface area (Å²) in [4.78, 5) is 2.23. The van der Waals surface area contributed by atoms with Gasteiger partial charge in [-0.2, -0.15) is 0 Å². The Kier molecular flexibility index (Phi) is 5.60. The Morgan fingerprint density at radius 2 is 2.19 bits per heavy atom. The summed E-state index contributed by atoms with van der Waals surface area (Å²) in [6.45, 7) is 4.91. The summed E-state index contributed by atoms with van der Waals surface area (Å²) >= 11 is 6.10. The highest BCUT2D eigenvalue weighted by Crippen LogP contribution is 2.20. The minimum atomic E-state index is 0.223. The summed E-state index contributed by atoms with van der Waals surface area (Å²) in [7, 11) is 0. The Bertz CT molecular complexity index is 331. The normalized spacial score (nSPS) is 11.0. The van der Waals surface area contributed by atoms with Crippen LogP contribution in [0.2, 0.25) is 5.02 Å². The van der Waals surface area contributed by atoms with Gasteiger partial charge in [0.1, 0.15) is 0 Å². The number of anilines is 1. The van der Waals surface area contributed by atoms with Gasteiger partial charge in [0.2, 0.25) is 0 Å². The molecule has 16 heavy (non-hydrogen) atoms. The Labute approximate surface area is 102 Å². The second-order valence-electron chi connectivity index (χ2n) is 3.80. The number of nitrogen functional groups attached to an aromatic ring is 1. The predicted octanol–water partition coefficient (Wildman–Crippen LogP) is 2.13. The first-order chi connectivity index (χ1) is 7.67. The first-order valence-corrected chi connectivity index (χ1v) is 5.92. The quantitative estimate of drug-likeness (QED) is 0.752. The highest BCUT2D eigenvalue weighted by molar-refractivity contribution is 6.31. The summed E-state index contributed by atoms with van der Waals surface area (Å²) < 4.78 is 0. The Balaban J connectivity index is 2.65. The topological polar surface area (TPSA) is 49.5 Å².